The van der Waals surface area contributed by atoms with Crippen LogP contribution in [0, 0.1) is 0 Å². The third kappa shape index (κ3) is 3.62. The highest BCUT2D eigenvalue weighted by Crippen LogP contribution is 2.26. The maximum Gasteiger partial charge on any atom is 0.323 e. The number of H-pyrrole nitrogens is 2. The lowest BCUT2D eigenvalue weighted by atomic mass is 10.1. The Kier molecular flexibility index (Phi) is 4.49. The standard InChI is InChI=1S/C16H15BrN4OS/c1-2-9-4-3-5-10(6-9)18-16(23)21-12-8-14-13(7-11(12)17)19-15(22)20-14/h3-8H,2H2,1H3,(H2,18,21,23)(H2,19,20,22). The lowest BCUT2D eigenvalue weighted by Gasteiger charge is -2.12. The van der Waals surface area contributed by atoms with Crippen LogP contribution in [0.25, 0.3) is 11.0 Å². The Bertz CT molecular complexity index is 931. The van der Waals surface area contributed by atoms with E-state index in [1.165, 1.54) is 5.56 Å². The number of hydrogen-bond donors (Lipinski definition) is 4. The van der Waals surface area contributed by atoms with E-state index in [0.717, 1.165) is 33.3 Å². The van der Waals surface area contributed by atoms with Gasteiger partial charge in [-0.15, -0.1) is 0 Å². The maximum atomic E-state index is 11.4. The van der Waals surface area contributed by atoms with Gasteiger partial charge in [-0.05, 0) is 64.4 Å². The Hall–Kier alpha value is -2.12. The van der Waals surface area contributed by atoms with E-state index in [0.29, 0.717) is 5.11 Å². The zero-order valence-corrected chi connectivity index (χ0v) is 14.8. The summed E-state index contributed by atoms with van der Waals surface area (Å²) in [7, 11) is 0. The van der Waals surface area contributed by atoms with E-state index in [-0.39, 0.29) is 5.69 Å². The van der Waals surface area contributed by atoms with E-state index in [4.69, 9.17) is 12.2 Å². The van der Waals surface area contributed by atoms with Crippen LogP contribution >= 0.6 is 28.1 Å². The Labute approximate surface area is 146 Å². The van der Waals surface area contributed by atoms with E-state index in [9.17, 15) is 4.79 Å². The van der Waals surface area contributed by atoms with Crippen molar-refractivity contribution < 1.29 is 0 Å². The SMILES string of the molecule is CCc1cccc(NC(=S)Nc2cc3[nH]c(=O)[nH]c3cc2Br)c1. The molecule has 0 unspecified atom stereocenters. The minimum atomic E-state index is -0.235. The molecule has 0 aliphatic rings. The number of benzene rings is 2. The molecule has 0 radical (unpaired) electrons. The second-order valence-corrected chi connectivity index (χ2v) is 6.35. The van der Waals surface area contributed by atoms with Gasteiger partial charge in [-0.2, -0.15) is 0 Å². The molecule has 0 atom stereocenters. The van der Waals surface area contributed by atoms with Gasteiger partial charge in [0.25, 0.3) is 0 Å². The van der Waals surface area contributed by atoms with E-state index in [2.05, 4.69) is 55.6 Å². The van der Waals surface area contributed by atoms with E-state index < -0.39 is 0 Å². The van der Waals surface area contributed by atoms with Gasteiger partial charge in [0.15, 0.2) is 5.11 Å². The summed E-state index contributed by atoms with van der Waals surface area (Å²) >= 11 is 8.84. The topological polar surface area (TPSA) is 72.7 Å². The lowest BCUT2D eigenvalue weighted by Crippen LogP contribution is -2.19. The van der Waals surface area contributed by atoms with Gasteiger partial charge in [-0.3, -0.25) is 0 Å². The molecule has 0 spiro atoms. The van der Waals surface area contributed by atoms with Crippen LogP contribution in [0.1, 0.15) is 12.5 Å². The number of hydrogen-bond acceptors (Lipinski definition) is 2. The molecular formula is C16H15BrN4OS. The zero-order chi connectivity index (χ0) is 16.4. The monoisotopic (exact) mass is 390 g/mol. The third-order valence-corrected chi connectivity index (χ3v) is 4.31. The third-order valence-electron chi connectivity index (χ3n) is 3.44. The van der Waals surface area contributed by atoms with Gasteiger partial charge in [-0.25, -0.2) is 4.79 Å². The van der Waals surface area contributed by atoms with Gasteiger partial charge in [0.1, 0.15) is 0 Å². The van der Waals surface area contributed by atoms with Gasteiger partial charge in [0.05, 0.1) is 16.7 Å². The van der Waals surface area contributed by atoms with Crippen molar-refractivity contribution in [3.63, 3.8) is 0 Å². The second kappa shape index (κ2) is 6.55. The van der Waals surface area contributed by atoms with E-state index in [1.54, 1.807) is 0 Å². The first-order valence-electron chi connectivity index (χ1n) is 7.13. The van der Waals surface area contributed by atoms with Crippen molar-refractivity contribution in [1.29, 1.82) is 0 Å². The van der Waals surface area contributed by atoms with Crippen LogP contribution in [-0.2, 0) is 6.42 Å². The molecule has 2 aromatic carbocycles. The predicted molar refractivity (Wildman–Crippen MR) is 102 cm³/mol. The number of imidazole rings is 1. The van der Waals surface area contributed by atoms with Gasteiger partial charge >= 0.3 is 5.69 Å². The molecule has 0 fully saturated rings. The summed E-state index contributed by atoms with van der Waals surface area (Å²) in [5.41, 5.74) is 4.18. The van der Waals surface area contributed by atoms with Crippen molar-refractivity contribution >= 4 is 55.7 Å². The predicted octanol–water partition coefficient (Wildman–Crippen LogP) is 3.99. The van der Waals surface area contributed by atoms with Crippen molar-refractivity contribution in [2.75, 3.05) is 10.6 Å². The molecule has 3 rings (SSSR count). The number of aromatic nitrogens is 2. The van der Waals surface area contributed by atoms with Crippen molar-refractivity contribution in [2.24, 2.45) is 0 Å². The van der Waals surface area contributed by atoms with Crippen molar-refractivity contribution in [2.45, 2.75) is 13.3 Å². The number of rotatable bonds is 3. The van der Waals surface area contributed by atoms with Crippen molar-refractivity contribution in [1.82, 2.24) is 9.97 Å². The number of thiocarbonyl (C=S) groups is 1. The largest absolute Gasteiger partial charge is 0.332 e. The Morgan fingerprint density at radius 1 is 1.17 bits per heavy atom. The molecule has 23 heavy (non-hydrogen) atoms. The van der Waals surface area contributed by atoms with Crippen LogP contribution in [0.15, 0.2) is 45.7 Å². The van der Waals surface area contributed by atoms with Gasteiger partial charge in [-0.1, -0.05) is 19.1 Å². The minimum absolute atomic E-state index is 0.235. The van der Waals surface area contributed by atoms with Crippen LogP contribution in [0.4, 0.5) is 11.4 Å². The lowest BCUT2D eigenvalue weighted by molar-refractivity contribution is 1.14. The number of fused-ring (bicyclic) bond motifs is 1. The smallest absolute Gasteiger partial charge is 0.323 e. The molecule has 3 aromatic rings. The summed E-state index contributed by atoms with van der Waals surface area (Å²) in [4.78, 5) is 16.8. The molecule has 1 heterocycles. The normalized spacial score (nSPS) is 10.7. The van der Waals surface area contributed by atoms with E-state index in [1.807, 2.05) is 24.3 Å². The van der Waals surface area contributed by atoms with Crippen LogP contribution in [-0.4, -0.2) is 15.1 Å². The van der Waals surface area contributed by atoms with Gasteiger partial charge < -0.3 is 20.6 Å². The Morgan fingerprint density at radius 2 is 1.91 bits per heavy atom. The zero-order valence-electron chi connectivity index (χ0n) is 12.4. The first-order valence-corrected chi connectivity index (χ1v) is 8.34. The molecule has 0 saturated carbocycles. The summed E-state index contributed by atoms with van der Waals surface area (Å²) in [5, 5.41) is 6.78. The number of aromatic amines is 2. The summed E-state index contributed by atoms with van der Waals surface area (Å²) in [6.07, 6.45) is 0.971. The van der Waals surface area contributed by atoms with Crippen molar-refractivity contribution in [3.8, 4) is 0 Å². The summed E-state index contributed by atoms with van der Waals surface area (Å²) in [6.45, 7) is 2.11. The number of aryl methyl sites for hydroxylation is 1. The highest BCUT2D eigenvalue weighted by atomic mass is 79.9. The molecule has 0 aliphatic carbocycles. The highest BCUT2D eigenvalue weighted by molar-refractivity contribution is 9.10. The molecule has 0 saturated heterocycles. The quantitative estimate of drug-likeness (QED) is 0.510. The second-order valence-electron chi connectivity index (χ2n) is 5.09. The van der Waals surface area contributed by atoms with Gasteiger partial charge in [0.2, 0.25) is 0 Å². The molecule has 5 nitrogen and oxygen atoms in total. The summed E-state index contributed by atoms with van der Waals surface area (Å²) < 4.78 is 0.812. The summed E-state index contributed by atoms with van der Waals surface area (Å²) in [6, 6.07) is 11.8. The van der Waals surface area contributed by atoms with Crippen molar-refractivity contribution in [3.05, 3.63) is 56.9 Å². The number of halogens is 1. The molecular weight excluding hydrogens is 376 g/mol. The summed E-state index contributed by atoms with van der Waals surface area (Å²) in [5.74, 6) is 0. The highest BCUT2D eigenvalue weighted by Gasteiger charge is 2.07. The van der Waals surface area contributed by atoms with Crippen LogP contribution < -0.4 is 16.3 Å². The van der Waals surface area contributed by atoms with Crippen LogP contribution in [0.3, 0.4) is 0 Å². The molecule has 0 aliphatic heterocycles. The van der Waals surface area contributed by atoms with Crippen LogP contribution in [0.2, 0.25) is 0 Å². The Balaban J connectivity index is 1.79. The molecule has 118 valence electrons. The fourth-order valence-corrected chi connectivity index (χ4v) is 2.98. The van der Waals surface area contributed by atoms with Crippen LogP contribution in [0.5, 0.6) is 0 Å². The first-order chi connectivity index (χ1) is 11.0. The number of anilines is 2. The molecule has 7 heteroatoms. The average molecular weight is 391 g/mol. The molecule has 1 aromatic heterocycles. The minimum Gasteiger partial charge on any atom is -0.332 e. The number of nitrogens with one attached hydrogen (secondary N) is 4. The average Bonchev–Trinajstić information content (AvgIpc) is 2.86. The first kappa shape index (κ1) is 15.8. The molecule has 4 N–H and O–H groups in total. The van der Waals surface area contributed by atoms with E-state index >= 15 is 0 Å². The fourth-order valence-electron chi connectivity index (χ4n) is 2.31. The Morgan fingerprint density at radius 3 is 2.65 bits per heavy atom. The maximum absolute atomic E-state index is 11.4. The van der Waals surface area contributed by atoms with Gasteiger partial charge in [0, 0.05) is 10.2 Å². The molecule has 0 bridgehead atoms. The molecule has 0 amide bonds. The fraction of sp³-hybridized carbons (Fsp3) is 0.125.